The molecule has 0 aliphatic rings. The van der Waals surface area contributed by atoms with E-state index >= 15 is 0 Å². The molecule has 5 heteroatoms. The van der Waals surface area contributed by atoms with Gasteiger partial charge in [0.2, 0.25) is 5.91 Å². The topological polar surface area (TPSA) is 54.0 Å². The highest BCUT2D eigenvalue weighted by Crippen LogP contribution is 2.24. The average Bonchev–Trinajstić information content (AvgIpc) is 2.95. The minimum atomic E-state index is -0.0546. The van der Waals surface area contributed by atoms with Gasteiger partial charge in [-0.05, 0) is 38.0 Å². The number of rotatable bonds is 6. The second-order valence-corrected chi connectivity index (χ2v) is 6.58. The highest BCUT2D eigenvalue weighted by atomic mass is 32.1. The van der Waals surface area contributed by atoms with Crippen molar-refractivity contribution < 1.29 is 4.79 Å². The molecule has 0 unspecified atom stereocenters. The lowest BCUT2D eigenvalue weighted by Crippen LogP contribution is -2.22. The Morgan fingerprint density at radius 2 is 2.09 bits per heavy atom. The molecule has 1 heterocycles. The van der Waals surface area contributed by atoms with Gasteiger partial charge in [0.1, 0.15) is 5.01 Å². The zero-order chi connectivity index (χ0) is 16.1. The number of nitrogens with zero attached hydrogens (tertiary/aromatic N) is 1. The Hall–Kier alpha value is -1.72. The van der Waals surface area contributed by atoms with Crippen molar-refractivity contribution in [2.75, 3.05) is 5.32 Å². The number of carbonyl (C=O) groups is 1. The minimum Gasteiger partial charge on any atom is -0.326 e. The SMILES string of the molecule is CCc1cnc([C@H](C)N[C@@H](C)c2cccc(NC(C)=O)c2)s1. The summed E-state index contributed by atoms with van der Waals surface area (Å²) in [6.07, 6.45) is 2.99. The van der Waals surface area contributed by atoms with Crippen molar-refractivity contribution in [3.63, 3.8) is 0 Å². The Morgan fingerprint density at radius 3 is 2.73 bits per heavy atom. The molecule has 0 bridgehead atoms. The van der Waals surface area contributed by atoms with Crippen LogP contribution >= 0.6 is 11.3 Å². The molecule has 0 aliphatic carbocycles. The number of aryl methyl sites for hydroxylation is 1. The van der Waals surface area contributed by atoms with Crippen molar-refractivity contribution in [2.45, 2.75) is 46.2 Å². The van der Waals surface area contributed by atoms with Crippen molar-refractivity contribution in [1.82, 2.24) is 10.3 Å². The molecule has 2 aromatic rings. The standard InChI is InChI=1S/C17H23N3OS/c1-5-16-10-18-17(22-16)12(3)19-11(2)14-7-6-8-15(9-14)20-13(4)21/h6-12,19H,5H2,1-4H3,(H,20,21)/t11-,12-/m0/s1. The van der Waals surface area contributed by atoms with Crippen LogP contribution in [-0.2, 0) is 11.2 Å². The van der Waals surface area contributed by atoms with Crippen LogP contribution in [0.4, 0.5) is 5.69 Å². The lowest BCUT2D eigenvalue weighted by atomic mass is 10.1. The highest BCUT2D eigenvalue weighted by molar-refractivity contribution is 7.11. The third-order valence-electron chi connectivity index (χ3n) is 3.50. The van der Waals surface area contributed by atoms with Crippen LogP contribution in [-0.4, -0.2) is 10.9 Å². The molecule has 4 nitrogen and oxygen atoms in total. The number of hydrogen-bond donors (Lipinski definition) is 2. The van der Waals surface area contributed by atoms with Gasteiger partial charge in [0.15, 0.2) is 0 Å². The fourth-order valence-electron chi connectivity index (χ4n) is 2.32. The molecule has 118 valence electrons. The lowest BCUT2D eigenvalue weighted by molar-refractivity contribution is -0.114. The summed E-state index contributed by atoms with van der Waals surface area (Å²) in [4.78, 5) is 17.0. The Balaban J connectivity index is 2.04. The number of benzene rings is 1. The van der Waals surface area contributed by atoms with Crippen LogP contribution in [0, 0.1) is 0 Å². The van der Waals surface area contributed by atoms with Crippen molar-refractivity contribution in [3.05, 3.63) is 45.9 Å². The van der Waals surface area contributed by atoms with Gasteiger partial charge in [-0.25, -0.2) is 4.98 Å². The van der Waals surface area contributed by atoms with Gasteiger partial charge in [-0.2, -0.15) is 0 Å². The molecular weight excluding hydrogens is 294 g/mol. The fraction of sp³-hybridized carbons (Fsp3) is 0.412. The second kappa shape index (κ2) is 7.51. The summed E-state index contributed by atoms with van der Waals surface area (Å²) < 4.78 is 0. The molecule has 1 aromatic heterocycles. The molecule has 0 aliphatic heterocycles. The van der Waals surface area contributed by atoms with Gasteiger partial charge in [-0.15, -0.1) is 11.3 Å². The zero-order valence-electron chi connectivity index (χ0n) is 13.5. The molecule has 0 saturated carbocycles. The smallest absolute Gasteiger partial charge is 0.221 e. The maximum absolute atomic E-state index is 11.2. The maximum Gasteiger partial charge on any atom is 0.221 e. The van der Waals surface area contributed by atoms with Gasteiger partial charge in [0.05, 0.1) is 6.04 Å². The van der Waals surface area contributed by atoms with Gasteiger partial charge in [-0.3, -0.25) is 4.79 Å². The Bertz CT molecular complexity index is 638. The van der Waals surface area contributed by atoms with Crippen molar-refractivity contribution in [1.29, 1.82) is 0 Å². The Labute approximate surface area is 136 Å². The first-order valence-electron chi connectivity index (χ1n) is 7.57. The largest absolute Gasteiger partial charge is 0.326 e. The molecule has 2 atom stereocenters. The van der Waals surface area contributed by atoms with Crippen LogP contribution in [0.25, 0.3) is 0 Å². The van der Waals surface area contributed by atoms with E-state index in [0.717, 1.165) is 22.7 Å². The number of nitrogens with one attached hydrogen (secondary N) is 2. The van der Waals surface area contributed by atoms with Crippen LogP contribution in [0.5, 0.6) is 0 Å². The fourth-order valence-corrected chi connectivity index (χ4v) is 3.19. The molecule has 0 spiro atoms. The lowest BCUT2D eigenvalue weighted by Gasteiger charge is -2.19. The van der Waals surface area contributed by atoms with Crippen LogP contribution in [0.1, 0.15) is 55.2 Å². The number of carbonyl (C=O) groups excluding carboxylic acids is 1. The summed E-state index contributed by atoms with van der Waals surface area (Å²) in [6, 6.07) is 8.31. The second-order valence-electron chi connectivity index (χ2n) is 5.44. The Kier molecular flexibility index (Phi) is 5.69. The molecule has 2 N–H and O–H groups in total. The molecule has 0 radical (unpaired) electrons. The third-order valence-corrected chi connectivity index (χ3v) is 4.82. The summed E-state index contributed by atoms with van der Waals surface area (Å²) in [5.74, 6) is -0.0546. The summed E-state index contributed by atoms with van der Waals surface area (Å²) in [7, 11) is 0. The van der Waals surface area contributed by atoms with E-state index in [-0.39, 0.29) is 18.0 Å². The van der Waals surface area contributed by atoms with Gasteiger partial charge in [0.25, 0.3) is 0 Å². The van der Waals surface area contributed by atoms with Crippen molar-refractivity contribution in [2.24, 2.45) is 0 Å². The summed E-state index contributed by atoms with van der Waals surface area (Å²) in [5, 5.41) is 7.50. The average molecular weight is 317 g/mol. The first-order chi connectivity index (χ1) is 10.5. The van der Waals surface area contributed by atoms with Crippen LogP contribution < -0.4 is 10.6 Å². The predicted molar refractivity (Wildman–Crippen MR) is 92.2 cm³/mol. The number of hydrogen-bond acceptors (Lipinski definition) is 4. The van der Waals surface area contributed by atoms with Gasteiger partial charge in [0, 0.05) is 29.7 Å². The molecule has 0 saturated heterocycles. The summed E-state index contributed by atoms with van der Waals surface area (Å²) in [6.45, 7) is 7.92. The predicted octanol–water partition coefficient (Wildman–Crippen LogP) is 4.08. The van der Waals surface area contributed by atoms with E-state index in [1.165, 1.54) is 11.8 Å². The van der Waals surface area contributed by atoms with E-state index < -0.39 is 0 Å². The van der Waals surface area contributed by atoms with Crippen LogP contribution in [0.2, 0.25) is 0 Å². The van der Waals surface area contributed by atoms with E-state index in [1.807, 2.05) is 24.4 Å². The minimum absolute atomic E-state index is 0.0546. The van der Waals surface area contributed by atoms with E-state index in [4.69, 9.17) is 0 Å². The van der Waals surface area contributed by atoms with Crippen LogP contribution in [0.15, 0.2) is 30.5 Å². The van der Waals surface area contributed by atoms with E-state index in [9.17, 15) is 4.79 Å². The molecule has 22 heavy (non-hydrogen) atoms. The summed E-state index contributed by atoms with van der Waals surface area (Å²) >= 11 is 1.76. The summed E-state index contributed by atoms with van der Waals surface area (Å²) in [5.41, 5.74) is 1.97. The molecule has 1 amide bonds. The molecule has 1 aromatic carbocycles. The van der Waals surface area contributed by atoms with Crippen LogP contribution in [0.3, 0.4) is 0 Å². The normalized spacial score (nSPS) is 13.6. The highest BCUT2D eigenvalue weighted by Gasteiger charge is 2.14. The molecule has 2 rings (SSSR count). The van der Waals surface area contributed by atoms with Gasteiger partial charge >= 0.3 is 0 Å². The first kappa shape index (κ1) is 16.6. The van der Waals surface area contributed by atoms with Crippen molar-refractivity contribution in [3.8, 4) is 0 Å². The maximum atomic E-state index is 11.2. The van der Waals surface area contributed by atoms with Gasteiger partial charge in [-0.1, -0.05) is 19.1 Å². The van der Waals surface area contributed by atoms with Crippen molar-refractivity contribution >= 4 is 22.9 Å². The van der Waals surface area contributed by atoms with E-state index in [2.05, 4.69) is 42.5 Å². The number of thiazole rings is 1. The third kappa shape index (κ3) is 4.39. The van der Waals surface area contributed by atoms with Gasteiger partial charge < -0.3 is 10.6 Å². The first-order valence-corrected chi connectivity index (χ1v) is 8.39. The monoisotopic (exact) mass is 317 g/mol. The number of anilines is 1. The van der Waals surface area contributed by atoms with E-state index in [1.54, 1.807) is 11.3 Å². The quantitative estimate of drug-likeness (QED) is 0.844. The Morgan fingerprint density at radius 1 is 1.32 bits per heavy atom. The number of amides is 1. The molecular formula is C17H23N3OS. The number of aromatic nitrogens is 1. The molecule has 0 fully saturated rings. The van der Waals surface area contributed by atoms with E-state index in [0.29, 0.717) is 0 Å². The zero-order valence-corrected chi connectivity index (χ0v) is 14.3.